The second-order valence-corrected chi connectivity index (χ2v) is 4.25. The molecule has 0 fully saturated rings. The predicted octanol–water partition coefficient (Wildman–Crippen LogP) is -1.70. The number of nitrogens with two attached hydrogens (primary N) is 1. The number of carbonyl (C=O) groups is 1. The number of aromatic nitrogens is 2. The Morgan fingerprint density at radius 1 is 1.58 bits per heavy atom. The fourth-order valence-corrected chi connectivity index (χ4v) is 1.43. The van der Waals surface area contributed by atoms with Crippen LogP contribution in [0.15, 0.2) is 15.8 Å². The molecule has 1 heterocycles. The Hall–Kier alpha value is -1.93. The third kappa shape index (κ3) is 3.76. The summed E-state index contributed by atoms with van der Waals surface area (Å²) >= 11 is 0. The molecule has 8 nitrogen and oxygen atoms in total. The van der Waals surface area contributed by atoms with E-state index in [4.69, 9.17) is 15.6 Å². The van der Waals surface area contributed by atoms with Crippen molar-refractivity contribution in [3.05, 3.63) is 32.6 Å². The van der Waals surface area contributed by atoms with Gasteiger partial charge in [-0.3, -0.25) is 19.1 Å². The molecule has 0 aliphatic heterocycles. The largest absolute Gasteiger partial charge is 0.394 e. The molecule has 0 bridgehead atoms. The van der Waals surface area contributed by atoms with Gasteiger partial charge in [-0.15, -0.1) is 0 Å². The van der Waals surface area contributed by atoms with Gasteiger partial charge in [-0.1, -0.05) is 6.92 Å². The quantitative estimate of drug-likeness (QED) is 0.568. The van der Waals surface area contributed by atoms with Crippen molar-refractivity contribution in [1.82, 2.24) is 9.55 Å². The number of nitrogens with zero attached hydrogens (tertiary/aromatic N) is 1. The van der Waals surface area contributed by atoms with E-state index in [-0.39, 0.29) is 6.73 Å². The lowest BCUT2D eigenvalue weighted by atomic mass is 10.1. The molecule has 1 rings (SSSR count). The predicted molar refractivity (Wildman–Crippen MR) is 66.4 cm³/mol. The van der Waals surface area contributed by atoms with Crippen molar-refractivity contribution in [3.8, 4) is 0 Å². The van der Waals surface area contributed by atoms with E-state index in [0.717, 1.165) is 4.57 Å². The van der Waals surface area contributed by atoms with E-state index in [0.29, 0.717) is 5.56 Å². The summed E-state index contributed by atoms with van der Waals surface area (Å²) in [7, 11) is 0. The number of carbonyl (C=O) groups excluding carboxylic acids is 1. The molecule has 0 saturated heterocycles. The average molecular weight is 271 g/mol. The molecule has 0 aliphatic rings. The van der Waals surface area contributed by atoms with Gasteiger partial charge in [0.05, 0.1) is 18.6 Å². The van der Waals surface area contributed by atoms with Crippen molar-refractivity contribution in [1.29, 1.82) is 0 Å². The number of aliphatic hydroxyl groups excluding tert-OH is 1. The Bertz CT molecular complexity index is 562. The third-order valence-electron chi connectivity index (χ3n) is 2.80. The summed E-state index contributed by atoms with van der Waals surface area (Å²) in [6.45, 7) is 2.47. The molecule has 19 heavy (non-hydrogen) atoms. The molecule has 0 spiro atoms. The molecule has 106 valence electrons. The Labute approximate surface area is 108 Å². The van der Waals surface area contributed by atoms with Gasteiger partial charge in [0.15, 0.2) is 0 Å². The Balaban J connectivity index is 2.81. The smallest absolute Gasteiger partial charge is 0.330 e. The molecule has 8 heteroatoms. The molecule has 1 amide bonds. The zero-order valence-electron chi connectivity index (χ0n) is 10.8. The molecule has 2 unspecified atom stereocenters. The number of rotatable bonds is 6. The zero-order chi connectivity index (χ0) is 14.6. The number of ether oxygens (including phenoxy) is 1. The van der Waals surface area contributed by atoms with Crippen LogP contribution in [0.4, 0.5) is 0 Å². The molecule has 0 aromatic carbocycles. The highest BCUT2D eigenvalue weighted by Gasteiger charge is 2.22. The van der Waals surface area contributed by atoms with Crippen molar-refractivity contribution in [2.75, 3.05) is 6.61 Å². The molecule has 0 saturated carbocycles. The minimum Gasteiger partial charge on any atom is -0.394 e. The summed E-state index contributed by atoms with van der Waals surface area (Å²) in [5.41, 5.74) is 4.37. The van der Waals surface area contributed by atoms with Crippen LogP contribution in [0, 0.1) is 12.8 Å². The van der Waals surface area contributed by atoms with Crippen molar-refractivity contribution in [2.45, 2.75) is 26.7 Å². The minimum absolute atomic E-state index is 0.195. The standard InChI is InChI=1S/C11H17N3O5/c1-6-3-14(11(18)13-10(6)17)5-19-8(4-15)7(2)9(12)16/h3,7-8,15H,4-5H2,1-2H3,(H2,12,16)(H,13,17,18). The Kier molecular flexibility index (Phi) is 5.02. The molecule has 4 N–H and O–H groups in total. The maximum Gasteiger partial charge on any atom is 0.330 e. The van der Waals surface area contributed by atoms with Crippen LogP contribution in [0.2, 0.25) is 0 Å². The van der Waals surface area contributed by atoms with Crippen LogP contribution in [-0.2, 0) is 16.3 Å². The topological polar surface area (TPSA) is 127 Å². The summed E-state index contributed by atoms with van der Waals surface area (Å²) in [6.07, 6.45) is 0.529. The number of nitrogens with one attached hydrogen (secondary N) is 1. The van der Waals surface area contributed by atoms with Crippen LogP contribution in [0.3, 0.4) is 0 Å². The average Bonchev–Trinajstić information content (AvgIpc) is 2.35. The molecule has 0 aliphatic carbocycles. The van der Waals surface area contributed by atoms with Crippen molar-refractivity contribution in [3.63, 3.8) is 0 Å². The van der Waals surface area contributed by atoms with Crippen LogP contribution in [-0.4, -0.2) is 33.3 Å². The molecule has 1 aromatic heterocycles. The molecule has 0 radical (unpaired) electrons. The molecule has 2 atom stereocenters. The number of H-pyrrole nitrogens is 1. The SMILES string of the molecule is Cc1cn(COC(CO)C(C)C(N)=O)c(=O)[nH]c1=O. The lowest BCUT2D eigenvalue weighted by Crippen LogP contribution is -2.38. The van der Waals surface area contributed by atoms with E-state index in [1.807, 2.05) is 0 Å². The van der Waals surface area contributed by atoms with Crippen LogP contribution < -0.4 is 17.0 Å². The second kappa shape index (κ2) is 6.30. The van der Waals surface area contributed by atoms with E-state index < -0.39 is 35.8 Å². The summed E-state index contributed by atoms with van der Waals surface area (Å²) < 4.78 is 6.40. The first-order valence-corrected chi connectivity index (χ1v) is 5.69. The number of hydrogen-bond donors (Lipinski definition) is 3. The lowest BCUT2D eigenvalue weighted by molar-refractivity contribution is -0.130. The Morgan fingerprint density at radius 2 is 2.21 bits per heavy atom. The van der Waals surface area contributed by atoms with Gasteiger partial charge in [-0.2, -0.15) is 0 Å². The first kappa shape index (κ1) is 15.1. The Morgan fingerprint density at radius 3 is 2.74 bits per heavy atom. The maximum absolute atomic E-state index is 11.5. The number of amides is 1. The minimum atomic E-state index is -0.809. The van der Waals surface area contributed by atoms with E-state index in [1.165, 1.54) is 13.1 Å². The first-order chi connectivity index (χ1) is 8.86. The van der Waals surface area contributed by atoms with Crippen LogP contribution in [0.1, 0.15) is 12.5 Å². The number of aliphatic hydroxyl groups is 1. The molecular weight excluding hydrogens is 254 g/mol. The van der Waals surface area contributed by atoms with E-state index in [2.05, 4.69) is 4.98 Å². The highest BCUT2D eigenvalue weighted by atomic mass is 16.5. The highest BCUT2D eigenvalue weighted by molar-refractivity contribution is 5.76. The van der Waals surface area contributed by atoms with E-state index in [9.17, 15) is 14.4 Å². The summed E-state index contributed by atoms with van der Waals surface area (Å²) in [6, 6.07) is 0. The normalized spacial score (nSPS) is 14.1. The number of primary amides is 1. The lowest BCUT2D eigenvalue weighted by Gasteiger charge is -2.20. The van der Waals surface area contributed by atoms with Gasteiger partial charge in [0.25, 0.3) is 5.56 Å². The van der Waals surface area contributed by atoms with Crippen molar-refractivity contribution >= 4 is 5.91 Å². The van der Waals surface area contributed by atoms with Gasteiger partial charge in [0, 0.05) is 11.8 Å². The van der Waals surface area contributed by atoms with Crippen LogP contribution in [0.25, 0.3) is 0 Å². The van der Waals surface area contributed by atoms with Gasteiger partial charge in [-0.25, -0.2) is 4.79 Å². The van der Waals surface area contributed by atoms with Gasteiger partial charge in [0.2, 0.25) is 5.91 Å². The van der Waals surface area contributed by atoms with Crippen molar-refractivity contribution < 1.29 is 14.6 Å². The maximum atomic E-state index is 11.5. The monoisotopic (exact) mass is 271 g/mol. The summed E-state index contributed by atoms with van der Waals surface area (Å²) in [5.74, 6) is -1.30. The summed E-state index contributed by atoms with van der Waals surface area (Å²) in [5, 5.41) is 9.11. The molecular formula is C11H17N3O5. The number of aryl methyl sites for hydroxylation is 1. The first-order valence-electron chi connectivity index (χ1n) is 5.69. The number of aromatic amines is 1. The van der Waals surface area contributed by atoms with Gasteiger partial charge in [0.1, 0.15) is 6.73 Å². The van der Waals surface area contributed by atoms with E-state index in [1.54, 1.807) is 6.92 Å². The third-order valence-corrected chi connectivity index (χ3v) is 2.80. The fraction of sp³-hybridized carbons (Fsp3) is 0.545. The van der Waals surface area contributed by atoms with E-state index >= 15 is 0 Å². The zero-order valence-corrected chi connectivity index (χ0v) is 10.8. The second-order valence-electron chi connectivity index (χ2n) is 4.25. The van der Waals surface area contributed by atoms with Crippen molar-refractivity contribution in [2.24, 2.45) is 11.7 Å². The van der Waals surface area contributed by atoms with Gasteiger partial charge >= 0.3 is 5.69 Å². The fourth-order valence-electron chi connectivity index (χ4n) is 1.43. The van der Waals surface area contributed by atoms with Gasteiger partial charge in [-0.05, 0) is 6.92 Å². The highest BCUT2D eigenvalue weighted by Crippen LogP contribution is 2.07. The van der Waals surface area contributed by atoms with Crippen LogP contribution in [0.5, 0.6) is 0 Å². The number of hydrogen-bond acceptors (Lipinski definition) is 5. The molecule has 1 aromatic rings. The van der Waals surface area contributed by atoms with Gasteiger partial charge < -0.3 is 15.6 Å². The summed E-state index contributed by atoms with van der Waals surface area (Å²) in [4.78, 5) is 35.8. The van der Waals surface area contributed by atoms with Crippen LogP contribution >= 0.6 is 0 Å².